The zero-order valence-corrected chi connectivity index (χ0v) is 20.5. The Hall–Kier alpha value is -2.44. The third-order valence-electron chi connectivity index (χ3n) is 6.50. The number of ether oxygens (including phenoxy) is 2. The second kappa shape index (κ2) is 9.43. The summed E-state index contributed by atoms with van der Waals surface area (Å²) in [5.74, 6) is 0.717. The smallest absolute Gasteiger partial charge is 0.410 e. The molecule has 2 atom stereocenters. The Labute approximate surface area is 198 Å². The van der Waals surface area contributed by atoms with Crippen LogP contribution in [0, 0.1) is 11.3 Å². The van der Waals surface area contributed by atoms with E-state index in [-0.39, 0.29) is 24.2 Å². The summed E-state index contributed by atoms with van der Waals surface area (Å²) in [6.07, 6.45) is 5.92. The number of carbonyl (C=O) groups excluding carboxylic acids is 1. The fraction of sp³-hybridized carbons (Fsp3) is 0.667. The summed E-state index contributed by atoms with van der Waals surface area (Å²) in [4.78, 5) is 25.2. The van der Waals surface area contributed by atoms with Crippen molar-refractivity contribution in [1.82, 2.24) is 14.9 Å². The number of nitrogens with zero attached hydrogens (tertiary/aromatic N) is 4. The molecule has 8 nitrogen and oxygen atoms in total. The summed E-state index contributed by atoms with van der Waals surface area (Å²) in [6, 6.07) is 2.07. The molecule has 0 aliphatic heterocycles. The van der Waals surface area contributed by atoms with Gasteiger partial charge in [-0.1, -0.05) is 0 Å². The maximum atomic E-state index is 12.4. The van der Waals surface area contributed by atoms with E-state index in [9.17, 15) is 9.90 Å². The average molecular weight is 473 g/mol. The van der Waals surface area contributed by atoms with Gasteiger partial charge in [-0.05, 0) is 77.2 Å². The van der Waals surface area contributed by atoms with Crippen LogP contribution in [0.4, 0.5) is 4.79 Å². The van der Waals surface area contributed by atoms with Crippen molar-refractivity contribution in [2.24, 2.45) is 0 Å². The third kappa shape index (κ3) is 5.22. The summed E-state index contributed by atoms with van der Waals surface area (Å²) in [6.45, 7) is 5.62. The molecule has 0 spiro atoms. The highest BCUT2D eigenvalue weighted by atomic mass is 32.1. The molecule has 1 fully saturated rings. The van der Waals surface area contributed by atoms with Crippen molar-refractivity contribution in [3.05, 3.63) is 16.8 Å². The van der Waals surface area contributed by atoms with Gasteiger partial charge in [0.2, 0.25) is 5.88 Å². The standard InChI is InChI=1S/C24H32N4O4S/c1-24(2,3)32-23(30)28(4)15-6-8-17(9-7-15)31-21-20-19-14(11-16(29)12-25)5-10-18(19)33-22(20)27-13-26-21/h13-17,29H,5-11H2,1-4H3. The zero-order chi connectivity index (χ0) is 23.8. The molecule has 9 heteroatoms. The monoisotopic (exact) mass is 472 g/mol. The van der Waals surface area contributed by atoms with Gasteiger partial charge in [0.15, 0.2) is 0 Å². The zero-order valence-electron chi connectivity index (χ0n) is 19.7. The number of aliphatic hydroxyl groups is 1. The van der Waals surface area contributed by atoms with Crippen LogP contribution in [0.25, 0.3) is 10.2 Å². The fourth-order valence-corrected chi connectivity index (χ4v) is 6.11. The minimum Gasteiger partial charge on any atom is -0.474 e. The highest BCUT2D eigenvalue weighted by Crippen LogP contribution is 2.47. The van der Waals surface area contributed by atoms with Crippen LogP contribution in [-0.2, 0) is 11.2 Å². The van der Waals surface area contributed by atoms with Crippen molar-refractivity contribution < 1.29 is 19.4 Å². The van der Waals surface area contributed by atoms with Crippen molar-refractivity contribution in [3.8, 4) is 11.9 Å². The van der Waals surface area contributed by atoms with Gasteiger partial charge in [-0.25, -0.2) is 14.8 Å². The lowest BCUT2D eigenvalue weighted by atomic mass is 9.92. The molecule has 0 bridgehead atoms. The van der Waals surface area contributed by atoms with E-state index in [1.807, 2.05) is 26.8 Å². The molecule has 2 aromatic heterocycles. The van der Waals surface area contributed by atoms with Gasteiger partial charge in [0.1, 0.15) is 29.0 Å². The van der Waals surface area contributed by atoms with Gasteiger partial charge >= 0.3 is 6.09 Å². The SMILES string of the molecule is CN(C(=O)OC(C)(C)C)C1CCC(Oc2ncnc3sc4c(c23)C(CC(O)C#N)CC4)CC1. The number of carbonyl (C=O) groups is 1. The molecule has 1 N–H and O–H groups in total. The molecule has 4 rings (SSSR count). The van der Waals surface area contributed by atoms with E-state index < -0.39 is 11.7 Å². The molecular weight excluding hydrogens is 440 g/mol. The molecule has 0 saturated heterocycles. The Morgan fingerprint density at radius 2 is 2.03 bits per heavy atom. The molecule has 2 unspecified atom stereocenters. The van der Waals surface area contributed by atoms with Crippen LogP contribution >= 0.6 is 11.3 Å². The van der Waals surface area contributed by atoms with E-state index in [0.29, 0.717) is 12.3 Å². The third-order valence-corrected chi connectivity index (χ3v) is 7.68. The molecule has 0 aromatic carbocycles. The molecule has 2 heterocycles. The Kier molecular flexibility index (Phi) is 6.78. The molecule has 2 aromatic rings. The summed E-state index contributed by atoms with van der Waals surface area (Å²) in [5, 5.41) is 19.9. The number of hydrogen-bond acceptors (Lipinski definition) is 8. The number of aryl methyl sites for hydroxylation is 1. The van der Waals surface area contributed by atoms with Crippen molar-refractivity contribution in [3.63, 3.8) is 0 Å². The lowest BCUT2D eigenvalue weighted by molar-refractivity contribution is 0.0137. The maximum Gasteiger partial charge on any atom is 0.410 e. The van der Waals surface area contributed by atoms with Gasteiger partial charge in [-0.3, -0.25) is 0 Å². The number of fused-ring (bicyclic) bond motifs is 3. The quantitative estimate of drug-likeness (QED) is 0.636. The number of nitriles is 1. The predicted molar refractivity (Wildman–Crippen MR) is 125 cm³/mol. The second-order valence-electron chi connectivity index (χ2n) is 10.1. The highest BCUT2D eigenvalue weighted by Gasteiger charge is 2.33. The van der Waals surface area contributed by atoms with Crippen molar-refractivity contribution in [2.75, 3.05) is 7.05 Å². The first-order valence-corrected chi connectivity index (χ1v) is 12.4. The van der Waals surface area contributed by atoms with Gasteiger partial charge < -0.3 is 19.5 Å². The normalized spacial score (nSPS) is 23.6. The van der Waals surface area contributed by atoms with Crippen LogP contribution in [0.5, 0.6) is 5.88 Å². The highest BCUT2D eigenvalue weighted by molar-refractivity contribution is 7.19. The molecule has 1 saturated carbocycles. The van der Waals surface area contributed by atoms with Crippen LogP contribution < -0.4 is 4.74 Å². The van der Waals surface area contributed by atoms with E-state index in [1.165, 1.54) is 4.88 Å². The van der Waals surface area contributed by atoms with Gasteiger partial charge in [-0.15, -0.1) is 11.3 Å². The van der Waals surface area contributed by atoms with E-state index >= 15 is 0 Å². The first-order valence-electron chi connectivity index (χ1n) is 11.6. The summed E-state index contributed by atoms with van der Waals surface area (Å²) in [5.41, 5.74) is 0.643. The number of rotatable bonds is 5. The van der Waals surface area contributed by atoms with Crippen molar-refractivity contribution in [2.45, 2.75) is 95.5 Å². The van der Waals surface area contributed by atoms with E-state index in [0.717, 1.165) is 54.3 Å². The van der Waals surface area contributed by atoms with Crippen molar-refractivity contribution in [1.29, 1.82) is 5.26 Å². The molecule has 2 aliphatic rings. The van der Waals surface area contributed by atoms with E-state index in [1.54, 1.807) is 29.6 Å². The Balaban J connectivity index is 1.45. The maximum absolute atomic E-state index is 12.4. The van der Waals surface area contributed by atoms with Crippen LogP contribution in [0.1, 0.15) is 75.7 Å². The molecule has 33 heavy (non-hydrogen) atoms. The lowest BCUT2D eigenvalue weighted by Gasteiger charge is -2.35. The minimum atomic E-state index is -0.970. The first kappa shape index (κ1) is 23.7. The number of thiophene rings is 1. The van der Waals surface area contributed by atoms with Gasteiger partial charge in [-0.2, -0.15) is 5.26 Å². The summed E-state index contributed by atoms with van der Waals surface area (Å²) < 4.78 is 11.9. The molecule has 2 aliphatic carbocycles. The lowest BCUT2D eigenvalue weighted by Crippen LogP contribution is -2.43. The average Bonchev–Trinajstić information content (AvgIpc) is 3.32. The van der Waals surface area contributed by atoms with Crippen LogP contribution in [0.2, 0.25) is 0 Å². The number of hydrogen-bond donors (Lipinski definition) is 1. The van der Waals surface area contributed by atoms with Crippen molar-refractivity contribution >= 4 is 27.6 Å². The van der Waals surface area contributed by atoms with Gasteiger partial charge in [0.25, 0.3) is 0 Å². The second-order valence-corrected chi connectivity index (χ2v) is 11.1. The van der Waals surface area contributed by atoms with Crippen LogP contribution in [-0.4, -0.2) is 57.0 Å². The Bertz CT molecular complexity index is 1050. The summed E-state index contributed by atoms with van der Waals surface area (Å²) >= 11 is 1.66. The molecule has 1 amide bonds. The number of amides is 1. The largest absolute Gasteiger partial charge is 0.474 e. The van der Waals surface area contributed by atoms with Gasteiger partial charge in [0, 0.05) is 18.0 Å². The summed E-state index contributed by atoms with van der Waals surface area (Å²) in [7, 11) is 1.80. The van der Waals surface area contributed by atoms with Crippen LogP contribution in [0.3, 0.4) is 0 Å². The number of aromatic nitrogens is 2. The first-order chi connectivity index (χ1) is 15.7. The predicted octanol–water partition coefficient (Wildman–Crippen LogP) is 4.55. The fourth-order valence-electron chi connectivity index (χ4n) is 4.88. The number of aliphatic hydroxyl groups excluding tert-OH is 1. The molecule has 0 radical (unpaired) electrons. The molecular formula is C24H32N4O4S. The minimum absolute atomic E-state index is 0.0199. The van der Waals surface area contributed by atoms with E-state index in [4.69, 9.17) is 14.7 Å². The topological polar surface area (TPSA) is 109 Å². The van der Waals surface area contributed by atoms with Gasteiger partial charge in [0.05, 0.1) is 11.5 Å². The Morgan fingerprint density at radius 1 is 1.30 bits per heavy atom. The molecule has 178 valence electrons. The Morgan fingerprint density at radius 3 is 2.70 bits per heavy atom. The van der Waals surface area contributed by atoms with Crippen LogP contribution in [0.15, 0.2) is 6.33 Å². The van der Waals surface area contributed by atoms with E-state index in [2.05, 4.69) is 9.97 Å².